The first-order chi connectivity index (χ1) is 7.13. The van der Waals surface area contributed by atoms with E-state index < -0.39 is 0 Å². The molecule has 2 aliphatic carbocycles. The molecule has 2 atom stereocenters. The van der Waals surface area contributed by atoms with E-state index in [0.29, 0.717) is 17.6 Å². The fourth-order valence-corrected chi connectivity index (χ4v) is 2.69. The maximum atomic E-state index is 6.07. The Balaban J connectivity index is 1.85. The molecular weight excluding hydrogens is 186 g/mol. The molecule has 2 fully saturated rings. The zero-order valence-corrected chi connectivity index (χ0v) is 10.4. The van der Waals surface area contributed by atoms with Gasteiger partial charge in [0.2, 0.25) is 0 Å². The van der Waals surface area contributed by atoms with E-state index >= 15 is 0 Å². The van der Waals surface area contributed by atoms with E-state index in [4.69, 9.17) is 4.74 Å². The molecule has 15 heavy (non-hydrogen) atoms. The van der Waals surface area contributed by atoms with Crippen LogP contribution in [0.1, 0.15) is 46.5 Å². The zero-order valence-electron chi connectivity index (χ0n) is 10.4. The van der Waals surface area contributed by atoms with Gasteiger partial charge in [0.25, 0.3) is 0 Å². The summed E-state index contributed by atoms with van der Waals surface area (Å²) < 4.78 is 6.07. The van der Waals surface area contributed by atoms with Crippen molar-refractivity contribution in [3.8, 4) is 0 Å². The zero-order chi connectivity index (χ0) is 10.9. The molecule has 0 aliphatic heterocycles. The first-order valence-electron chi connectivity index (χ1n) is 6.48. The van der Waals surface area contributed by atoms with Crippen molar-refractivity contribution < 1.29 is 4.74 Å². The van der Waals surface area contributed by atoms with E-state index in [-0.39, 0.29) is 0 Å². The maximum Gasteiger partial charge on any atom is 0.0733 e. The Morgan fingerprint density at radius 1 is 1.27 bits per heavy atom. The molecule has 0 aromatic carbocycles. The van der Waals surface area contributed by atoms with Crippen molar-refractivity contribution in [2.75, 3.05) is 13.2 Å². The SMILES string of the molecule is CCNC1C(OCC2CC2)CCC1(C)C. The number of likely N-dealkylation sites (N-methyl/N-ethyl adjacent to an activating group) is 1. The highest BCUT2D eigenvalue weighted by Crippen LogP contribution is 2.40. The summed E-state index contributed by atoms with van der Waals surface area (Å²) in [4.78, 5) is 0. The van der Waals surface area contributed by atoms with Crippen LogP contribution in [0, 0.1) is 11.3 Å². The van der Waals surface area contributed by atoms with Crippen LogP contribution in [0.3, 0.4) is 0 Å². The number of ether oxygens (including phenoxy) is 1. The van der Waals surface area contributed by atoms with Gasteiger partial charge in [-0.25, -0.2) is 0 Å². The summed E-state index contributed by atoms with van der Waals surface area (Å²) in [6, 6.07) is 0.557. The monoisotopic (exact) mass is 211 g/mol. The molecule has 0 bridgehead atoms. The lowest BCUT2D eigenvalue weighted by Crippen LogP contribution is -2.45. The molecule has 0 spiro atoms. The van der Waals surface area contributed by atoms with E-state index in [9.17, 15) is 0 Å². The molecule has 2 saturated carbocycles. The van der Waals surface area contributed by atoms with Gasteiger partial charge in [-0.1, -0.05) is 20.8 Å². The third kappa shape index (κ3) is 2.73. The minimum absolute atomic E-state index is 0.407. The lowest BCUT2D eigenvalue weighted by Gasteiger charge is -2.31. The van der Waals surface area contributed by atoms with Crippen molar-refractivity contribution in [2.24, 2.45) is 11.3 Å². The van der Waals surface area contributed by atoms with E-state index in [1.54, 1.807) is 0 Å². The van der Waals surface area contributed by atoms with Crippen molar-refractivity contribution in [1.29, 1.82) is 0 Å². The van der Waals surface area contributed by atoms with E-state index in [0.717, 1.165) is 19.1 Å². The van der Waals surface area contributed by atoms with Crippen LogP contribution in [0.2, 0.25) is 0 Å². The first-order valence-corrected chi connectivity index (χ1v) is 6.48. The molecule has 2 aliphatic rings. The number of hydrogen-bond acceptors (Lipinski definition) is 2. The third-order valence-electron chi connectivity index (χ3n) is 3.95. The van der Waals surface area contributed by atoms with Crippen molar-refractivity contribution in [3.05, 3.63) is 0 Å². The van der Waals surface area contributed by atoms with Gasteiger partial charge in [0.05, 0.1) is 6.10 Å². The van der Waals surface area contributed by atoms with E-state index in [1.807, 2.05) is 0 Å². The predicted molar refractivity (Wildman–Crippen MR) is 62.9 cm³/mol. The third-order valence-corrected chi connectivity index (χ3v) is 3.95. The molecule has 0 aromatic heterocycles. The van der Waals surface area contributed by atoms with Crippen molar-refractivity contribution >= 4 is 0 Å². The second kappa shape index (κ2) is 4.42. The molecule has 2 rings (SSSR count). The topological polar surface area (TPSA) is 21.3 Å². The Morgan fingerprint density at radius 3 is 2.60 bits per heavy atom. The van der Waals surface area contributed by atoms with Crippen LogP contribution >= 0.6 is 0 Å². The van der Waals surface area contributed by atoms with Gasteiger partial charge in [-0.3, -0.25) is 0 Å². The lowest BCUT2D eigenvalue weighted by atomic mass is 9.87. The van der Waals surface area contributed by atoms with Gasteiger partial charge < -0.3 is 10.1 Å². The minimum Gasteiger partial charge on any atom is -0.376 e. The maximum absolute atomic E-state index is 6.07. The largest absolute Gasteiger partial charge is 0.376 e. The number of nitrogens with one attached hydrogen (secondary N) is 1. The highest BCUT2D eigenvalue weighted by atomic mass is 16.5. The Hall–Kier alpha value is -0.0800. The van der Waals surface area contributed by atoms with Crippen LogP contribution in [0.5, 0.6) is 0 Å². The van der Waals surface area contributed by atoms with Gasteiger partial charge >= 0.3 is 0 Å². The molecular formula is C13H25NO. The van der Waals surface area contributed by atoms with Crippen LogP contribution in [0.4, 0.5) is 0 Å². The molecule has 2 nitrogen and oxygen atoms in total. The van der Waals surface area contributed by atoms with Crippen molar-refractivity contribution in [3.63, 3.8) is 0 Å². The number of rotatable bonds is 5. The molecule has 1 N–H and O–H groups in total. The highest BCUT2D eigenvalue weighted by Gasteiger charge is 2.42. The Labute approximate surface area is 93.8 Å². The Kier molecular flexibility index (Phi) is 3.36. The van der Waals surface area contributed by atoms with Crippen LogP contribution < -0.4 is 5.32 Å². The van der Waals surface area contributed by atoms with Crippen molar-refractivity contribution in [1.82, 2.24) is 5.32 Å². The minimum atomic E-state index is 0.407. The first kappa shape index (κ1) is 11.4. The molecule has 88 valence electrons. The summed E-state index contributed by atoms with van der Waals surface area (Å²) in [5.74, 6) is 0.885. The van der Waals surface area contributed by atoms with Gasteiger partial charge in [0, 0.05) is 12.6 Å². The van der Waals surface area contributed by atoms with Crippen LogP contribution in [-0.4, -0.2) is 25.3 Å². The predicted octanol–water partition coefficient (Wildman–Crippen LogP) is 2.58. The van der Waals surface area contributed by atoms with Crippen LogP contribution in [0.15, 0.2) is 0 Å². The lowest BCUT2D eigenvalue weighted by molar-refractivity contribution is 0.0212. The van der Waals surface area contributed by atoms with Crippen molar-refractivity contribution in [2.45, 2.75) is 58.6 Å². The quantitative estimate of drug-likeness (QED) is 0.754. The van der Waals surface area contributed by atoms with Gasteiger partial charge in [0.1, 0.15) is 0 Å². The standard InChI is InChI=1S/C13H25NO/c1-4-14-12-11(7-8-13(12,2)3)15-9-10-5-6-10/h10-12,14H,4-9H2,1-3H3. The second-order valence-corrected chi connectivity index (χ2v) is 5.88. The second-order valence-electron chi connectivity index (χ2n) is 5.88. The number of hydrogen-bond donors (Lipinski definition) is 1. The molecule has 0 radical (unpaired) electrons. The smallest absolute Gasteiger partial charge is 0.0733 e. The average Bonchev–Trinajstić information content (AvgIpc) is 2.95. The molecule has 2 unspecified atom stereocenters. The van der Waals surface area contributed by atoms with Gasteiger partial charge in [0.15, 0.2) is 0 Å². The summed E-state index contributed by atoms with van der Waals surface area (Å²) >= 11 is 0. The normalized spacial score (nSPS) is 34.6. The molecule has 2 heteroatoms. The molecule has 0 aromatic rings. The summed E-state index contributed by atoms with van der Waals surface area (Å²) in [5, 5.41) is 3.60. The van der Waals surface area contributed by atoms with Crippen LogP contribution in [0.25, 0.3) is 0 Å². The highest BCUT2D eigenvalue weighted by molar-refractivity contribution is 4.97. The molecule has 0 heterocycles. The Morgan fingerprint density at radius 2 is 2.00 bits per heavy atom. The van der Waals surface area contributed by atoms with Gasteiger partial charge in [-0.05, 0) is 43.6 Å². The summed E-state index contributed by atoms with van der Waals surface area (Å²) in [5.41, 5.74) is 0.407. The van der Waals surface area contributed by atoms with E-state index in [1.165, 1.54) is 25.7 Å². The fraction of sp³-hybridized carbons (Fsp3) is 1.00. The Bertz CT molecular complexity index is 211. The van der Waals surface area contributed by atoms with Gasteiger partial charge in [-0.2, -0.15) is 0 Å². The van der Waals surface area contributed by atoms with E-state index in [2.05, 4.69) is 26.1 Å². The summed E-state index contributed by atoms with van der Waals surface area (Å²) in [6.07, 6.45) is 5.77. The fourth-order valence-electron chi connectivity index (χ4n) is 2.69. The molecule has 0 amide bonds. The average molecular weight is 211 g/mol. The van der Waals surface area contributed by atoms with Crippen LogP contribution in [-0.2, 0) is 4.74 Å². The summed E-state index contributed by atoms with van der Waals surface area (Å²) in [6.45, 7) is 8.97. The summed E-state index contributed by atoms with van der Waals surface area (Å²) in [7, 11) is 0. The molecule has 0 saturated heterocycles. The van der Waals surface area contributed by atoms with Gasteiger partial charge in [-0.15, -0.1) is 0 Å².